The van der Waals surface area contributed by atoms with Gasteiger partial charge in [-0.15, -0.1) is 11.3 Å². The lowest BCUT2D eigenvalue weighted by atomic mass is 9.79. The summed E-state index contributed by atoms with van der Waals surface area (Å²) in [6.07, 6.45) is 0. The summed E-state index contributed by atoms with van der Waals surface area (Å²) < 4.78 is 2.63. The van der Waals surface area contributed by atoms with E-state index in [1.165, 1.54) is 97.7 Å². The number of benzene rings is 10. The van der Waals surface area contributed by atoms with E-state index in [2.05, 4.69) is 243 Å². The molecule has 1 heterocycles. The van der Waals surface area contributed by atoms with Gasteiger partial charge in [0.25, 0.3) is 0 Å². The average molecular weight is 822 g/mol. The maximum absolute atomic E-state index is 2.47. The van der Waals surface area contributed by atoms with Crippen LogP contribution in [0.5, 0.6) is 0 Å². The summed E-state index contributed by atoms with van der Waals surface area (Å²) in [5.74, 6) is 0. The van der Waals surface area contributed by atoms with Crippen LogP contribution >= 0.6 is 11.3 Å². The van der Waals surface area contributed by atoms with Gasteiger partial charge < -0.3 is 4.90 Å². The van der Waals surface area contributed by atoms with E-state index >= 15 is 0 Å². The minimum atomic E-state index is -0.111. The molecule has 0 N–H and O–H groups in total. The fraction of sp³-hybridized carbons (Fsp3) is 0.0492. The second-order valence-electron chi connectivity index (χ2n) is 17.3. The van der Waals surface area contributed by atoms with Crippen molar-refractivity contribution >= 4 is 59.3 Å². The van der Waals surface area contributed by atoms with Crippen LogP contribution < -0.4 is 4.90 Å². The number of anilines is 3. The third-order valence-corrected chi connectivity index (χ3v) is 14.4. The highest BCUT2D eigenvalue weighted by Crippen LogP contribution is 2.52. The normalized spacial score (nSPS) is 12.7. The predicted molar refractivity (Wildman–Crippen MR) is 271 cm³/mol. The van der Waals surface area contributed by atoms with E-state index < -0.39 is 0 Å². The van der Waals surface area contributed by atoms with Crippen LogP contribution in [0.1, 0.15) is 25.0 Å². The van der Waals surface area contributed by atoms with E-state index in [1.54, 1.807) is 0 Å². The Labute approximate surface area is 372 Å². The molecule has 1 nitrogen and oxygen atoms in total. The Kier molecular flexibility index (Phi) is 8.77. The van der Waals surface area contributed by atoms with Crippen LogP contribution in [0.2, 0.25) is 0 Å². The molecule has 0 atom stereocenters. The minimum Gasteiger partial charge on any atom is -0.310 e. The van der Waals surface area contributed by atoms with E-state index in [0.29, 0.717) is 0 Å². The summed E-state index contributed by atoms with van der Waals surface area (Å²) >= 11 is 1.86. The Morgan fingerprint density at radius 2 is 0.952 bits per heavy atom. The number of fused-ring (bicyclic) bond motifs is 7. The van der Waals surface area contributed by atoms with Crippen molar-refractivity contribution in [1.82, 2.24) is 0 Å². The predicted octanol–water partition coefficient (Wildman–Crippen LogP) is 17.7. The van der Waals surface area contributed by atoms with Crippen molar-refractivity contribution < 1.29 is 0 Å². The van der Waals surface area contributed by atoms with Crippen molar-refractivity contribution in [2.45, 2.75) is 19.3 Å². The fourth-order valence-corrected chi connectivity index (χ4v) is 11.2. The largest absolute Gasteiger partial charge is 0.310 e. The molecule has 0 amide bonds. The third-order valence-electron chi connectivity index (χ3n) is 13.2. The molecule has 0 saturated heterocycles. The van der Waals surface area contributed by atoms with Gasteiger partial charge in [-0.2, -0.15) is 0 Å². The van der Waals surface area contributed by atoms with Crippen molar-refractivity contribution in [1.29, 1.82) is 0 Å². The third kappa shape index (κ3) is 6.29. The SMILES string of the molecule is CC1(C)c2ccccc2-c2cccc(-c3ccc(N(c4cccc(-c5ccc6sc7ccccc7c6c5)c4)c4cc(-c5ccc6ccccc6c5)ccc4-c4ccccc4)cc3)c21. The molecule has 1 aromatic heterocycles. The molecule has 11 aromatic rings. The number of nitrogens with zero attached hydrogens (tertiary/aromatic N) is 1. The Balaban J connectivity index is 1.05. The highest BCUT2D eigenvalue weighted by molar-refractivity contribution is 7.25. The van der Waals surface area contributed by atoms with Crippen molar-refractivity contribution in [2.24, 2.45) is 0 Å². The van der Waals surface area contributed by atoms with E-state index in [9.17, 15) is 0 Å². The minimum absolute atomic E-state index is 0.111. The van der Waals surface area contributed by atoms with Gasteiger partial charge in [-0.1, -0.05) is 184 Å². The fourth-order valence-electron chi connectivity index (χ4n) is 10.2. The summed E-state index contributed by atoms with van der Waals surface area (Å²) in [5, 5.41) is 5.09. The topological polar surface area (TPSA) is 3.24 Å². The smallest absolute Gasteiger partial charge is 0.0546 e. The summed E-state index contributed by atoms with van der Waals surface area (Å²) in [6.45, 7) is 4.74. The molecule has 63 heavy (non-hydrogen) atoms. The Hall–Kier alpha value is -7.52. The molecule has 0 fully saturated rings. The number of thiophene rings is 1. The molecule has 12 rings (SSSR count). The zero-order valence-electron chi connectivity index (χ0n) is 35.2. The van der Waals surface area contributed by atoms with Crippen LogP contribution in [0.3, 0.4) is 0 Å². The van der Waals surface area contributed by atoms with Crippen molar-refractivity contribution in [3.05, 3.63) is 236 Å². The first-order valence-electron chi connectivity index (χ1n) is 21.8. The van der Waals surface area contributed by atoms with Gasteiger partial charge in [0.15, 0.2) is 0 Å². The Morgan fingerprint density at radius 1 is 0.349 bits per heavy atom. The molecule has 0 saturated carbocycles. The number of hydrogen-bond acceptors (Lipinski definition) is 2. The van der Waals surface area contributed by atoms with E-state index in [0.717, 1.165) is 17.1 Å². The van der Waals surface area contributed by atoms with E-state index in [1.807, 2.05) is 11.3 Å². The molecule has 0 aliphatic heterocycles. The van der Waals surface area contributed by atoms with Crippen LogP contribution in [-0.4, -0.2) is 0 Å². The molecule has 1 aliphatic carbocycles. The number of rotatable bonds is 7. The molecule has 0 unspecified atom stereocenters. The molecule has 0 radical (unpaired) electrons. The average Bonchev–Trinajstić information content (AvgIpc) is 3.83. The molecule has 10 aromatic carbocycles. The summed E-state index contributed by atoms with van der Waals surface area (Å²) in [6, 6.07) is 83.0. The quantitative estimate of drug-likeness (QED) is 0.155. The van der Waals surface area contributed by atoms with Gasteiger partial charge in [0.2, 0.25) is 0 Å². The van der Waals surface area contributed by atoms with Crippen LogP contribution in [0.15, 0.2) is 224 Å². The zero-order chi connectivity index (χ0) is 42.1. The van der Waals surface area contributed by atoms with Crippen LogP contribution in [-0.2, 0) is 5.41 Å². The van der Waals surface area contributed by atoms with Gasteiger partial charge in [-0.05, 0) is 127 Å². The maximum Gasteiger partial charge on any atom is 0.0546 e. The highest BCUT2D eigenvalue weighted by atomic mass is 32.1. The molecular weight excluding hydrogens is 779 g/mol. The molecule has 0 spiro atoms. The molecule has 2 heteroatoms. The van der Waals surface area contributed by atoms with Gasteiger partial charge in [0, 0.05) is 42.5 Å². The first-order valence-corrected chi connectivity index (χ1v) is 22.6. The second kappa shape index (κ2) is 14.8. The lowest BCUT2D eigenvalue weighted by Crippen LogP contribution is -2.16. The Morgan fingerprint density at radius 3 is 1.84 bits per heavy atom. The summed E-state index contributed by atoms with van der Waals surface area (Å²) in [5.41, 5.74) is 18.3. The highest BCUT2D eigenvalue weighted by Gasteiger charge is 2.37. The maximum atomic E-state index is 2.47. The monoisotopic (exact) mass is 821 g/mol. The van der Waals surface area contributed by atoms with E-state index in [-0.39, 0.29) is 5.41 Å². The lowest BCUT2D eigenvalue weighted by molar-refractivity contribution is 0.662. The number of hydrogen-bond donors (Lipinski definition) is 0. The van der Waals surface area contributed by atoms with Crippen molar-refractivity contribution in [3.8, 4) is 55.6 Å². The van der Waals surface area contributed by atoms with Gasteiger partial charge in [0.05, 0.1) is 5.69 Å². The first kappa shape index (κ1) is 37.3. The molecular formula is C61H43NS. The molecule has 298 valence electrons. The van der Waals surface area contributed by atoms with Crippen LogP contribution in [0.4, 0.5) is 17.1 Å². The summed E-state index contributed by atoms with van der Waals surface area (Å²) in [7, 11) is 0. The Bertz CT molecular complexity index is 3540. The van der Waals surface area contributed by atoms with Crippen molar-refractivity contribution in [2.75, 3.05) is 4.90 Å². The summed E-state index contributed by atoms with van der Waals surface area (Å²) in [4.78, 5) is 2.47. The zero-order valence-corrected chi connectivity index (χ0v) is 36.0. The first-order chi connectivity index (χ1) is 31.0. The van der Waals surface area contributed by atoms with Gasteiger partial charge in [-0.25, -0.2) is 0 Å². The van der Waals surface area contributed by atoms with Crippen molar-refractivity contribution in [3.63, 3.8) is 0 Å². The molecule has 0 bridgehead atoms. The van der Waals surface area contributed by atoms with Crippen LogP contribution in [0.25, 0.3) is 86.6 Å². The standard InChI is InChI=1S/C61H43NS/c1-61(2)56-24-10-8-20-52(56)54-23-13-22-51(60(54)61)42-28-32-48(33-29-42)62(49-19-12-18-44(37-49)46-31-35-59-55(38-46)53-21-9-11-25-58(53)63-59)57-39-47(30-34-50(57)41-15-4-3-5-16-41)45-27-26-40-14-6-7-17-43(40)36-45/h3-39H,1-2H3. The van der Waals surface area contributed by atoms with Gasteiger partial charge in [-0.3, -0.25) is 0 Å². The van der Waals surface area contributed by atoms with Crippen LogP contribution in [0, 0.1) is 0 Å². The van der Waals surface area contributed by atoms with E-state index in [4.69, 9.17) is 0 Å². The van der Waals surface area contributed by atoms with Gasteiger partial charge in [0.1, 0.15) is 0 Å². The lowest BCUT2D eigenvalue weighted by Gasteiger charge is -2.29. The second-order valence-corrected chi connectivity index (χ2v) is 18.4. The molecule has 1 aliphatic rings. The van der Waals surface area contributed by atoms with Gasteiger partial charge >= 0.3 is 0 Å².